The van der Waals surface area contributed by atoms with Crippen LogP contribution in [0.25, 0.3) is 11.3 Å². The molecule has 1 N–H and O–H groups in total. The summed E-state index contributed by atoms with van der Waals surface area (Å²) in [4.78, 5) is 16.4. The summed E-state index contributed by atoms with van der Waals surface area (Å²) in [5, 5.41) is 2.83. The van der Waals surface area contributed by atoms with E-state index in [1.54, 1.807) is 6.20 Å². The number of nitrogens with one attached hydrogen (secondary N) is 1. The standard InChI is InChI=1S/C15H16N2OS/c1-11-12(14-7-2-3-8-16-14)5-4-6-13(11)15(18)17-9-10-19/h2-8,19H,9-10H2,1H3,(H,17,18). The third kappa shape index (κ3) is 3.15. The van der Waals surface area contributed by atoms with Crippen LogP contribution in [0.3, 0.4) is 0 Å². The molecule has 0 saturated heterocycles. The van der Waals surface area contributed by atoms with E-state index in [1.807, 2.05) is 43.3 Å². The average molecular weight is 272 g/mol. The predicted molar refractivity (Wildman–Crippen MR) is 80.6 cm³/mol. The highest BCUT2D eigenvalue weighted by Gasteiger charge is 2.12. The monoisotopic (exact) mass is 272 g/mol. The van der Waals surface area contributed by atoms with E-state index in [1.165, 1.54) is 0 Å². The van der Waals surface area contributed by atoms with Gasteiger partial charge in [-0.25, -0.2) is 0 Å². The second kappa shape index (κ2) is 6.38. The molecule has 0 spiro atoms. The maximum absolute atomic E-state index is 12.0. The molecule has 2 aromatic rings. The van der Waals surface area contributed by atoms with Crippen LogP contribution < -0.4 is 5.32 Å². The van der Waals surface area contributed by atoms with E-state index in [0.717, 1.165) is 16.8 Å². The summed E-state index contributed by atoms with van der Waals surface area (Å²) in [6, 6.07) is 11.4. The van der Waals surface area contributed by atoms with E-state index < -0.39 is 0 Å². The highest BCUT2D eigenvalue weighted by Crippen LogP contribution is 2.23. The van der Waals surface area contributed by atoms with Crippen LogP contribution in [0, 0.1) is 6.92 Å². The van der Waals surface area contributed by atoms with E-state index in [-0.39, 0.29) is 5.91 Å². The minimum atomic E-state index is -0.0654. The third-order valence-corrected chi connectivity index (χ3v) is 3.14. The van der Waals surface area contributed by atoms with E-state index >= 15 is 0 Å². The van der Waals surface area contributed by atoms with Crippen molar-refractivity contribution in [2.45, 2.75) is 6.92 Å². The predicted octanol–water partition coefficient (Wildman–Crippen LogP) is 2.72. The van der Waals surface area contributed by atoms with Crippen molar-refractivity contribution in [2.75, 3.05) is 12.3 Å². The molecule has 0 atom stereocenters. The number of pyridine rings is 1. The average Bonchev–Trinajstić information content (AvgIpc) is 2.46. The fraction of sp³-hybridized carbons (Fsp3) is 0.200. The molecule has 0 saturated carbocycles. The second-order valence-electron chi connectivity index (χ2n) is 4.17. The van der Waals surface area contributed by atoms with Crippen molar-refractivity contribution in [3.63, 3.8) is 0 Å². The largest absolute Gasteiger partial charge is 0.351 e. The fourth-order valence-electron chi connectivity index (χ4n) is 1.95. The number of amides is 1. The normalized spacial score (nSPS) is 10.2. The molecule has 1 aromatic heterocycles. The van der Waals surface area contributed by atoms with Crippen molar-refractivity contribution in [2.24, 2.45) is 0 Å². The van der Waals surface area contributed by atoms with Gasteiger partial charge in [0.2, 0.25) is 0 Å². The third-order valence-electron chi connectivity index (χ3n) is 2.92. The fourth-order valence-corrected chi connectivity index (χ4v) is 2.06. The summed E-state index contributed by atoms with van der Waals surface area (Å²) >= 11 is 4.09. The molecule has 0 fully saturated rings. The number of thiol groups is 1. The molecule has 1 aromatic carbocycles. The lowest BCUT2D eigenvalue weighted by molar-refractivity contribution is 0.0955. The van der Waals surface area contributed by atoms with Crippen LogP contribution in [0.2, 0.25) is 0 Å². The van der Waals surface area contributed by atoms with Gasteiger partial charge in [0.1, 0.15) is 0 Å². The van der Waals surface area contributed by atoms with E-state index in [4.69, 9.17) is 0 Å². The van der Waals surface area contributed by atoms with Crippen LogP contribution in [-0.4, -0.2) is 23.2 Å². The highest BCUT2D eigenvalue weighted by molar-refractivity contribution is 7.80. The maximum Gasteiger partial charge on any atom is 0.251 e. The summed E-state index contributed by atoms with van der Waals surface area (Å²) in [6.07, 6.45) is 1.75. The molecular formula is C15H16N2OS. The van der Waals surface area contributed by atoms with Crippen molar-refractivity contribution in [3.8, 4) is 11.3 Å². The van der Waals surface area contributed by atoms with Crippen LogP contribution in [-0.2, 0) is 0 Å². The summed E-state index contributed by atoms with van der Waals surface area (Å²) in [6.45, 7) is 2.51. The van der Waals surface area contributed by atoms with Crippen molar-refractivity contribution < 1.29 is 4.79 Å². The molecule has 1 heterocycles. The zero-order valence-electron chi connectivity index (χ0n) is 10.8. The van der Waals surface area contributed by atoms with Gasteiger partial charge in [-0.05, 0) is 30.7 Å². The molecule has 1 amide bonds. The van der Waals surface area contributed by atoms with Gasteiger partial charge in [-0.3, -0.25) is 9.78 Å². The number of carbonyl (C=O) groups excluding carboxylic acids is 1. The molecule has 4 heteroatoms. The first-order valence-electron chi connectivity index (χ1n) is 6.14. The Labute approximate surface area is 118 Å². The van der Waals surface area contributed by atoms with E-state index in [0.29, 0.717) is 17.9 Å². The van der Waals surface area contributed by atoms with Gasteiger partial charge < -0.3 is 5.32 Å². The molecule has 0 aliphatic rings. The number of carbonyl (C=O) groups is 1. The number of aromatic nitrogens is 1. The first kappa shape index (κ1) is 13.6. The minimum absolute atomic E-state index is 0.0654. The Bertz CT molecular complexity index is 570. The zero-order valence-corrected chi connectivity index (χ0v) is 11.7. The van der Waals surface area contributed by atoms with Crippen LogP contribution >= 0.6 is 12.6 Å². The van der Waals surface area contributed by atoms with Crippen LogP contribution in [0.1, 0.15) is 15.9 Å². The van der Waals surface area contributed by atoms with E-state index in [2.05, 4.69) is 22.9 Å². The Morgan fingerprint density at radius 3 is 2.79 bits per heavy atom. The lowest BCUT2D eigenvalue weighted by Gasteiger charge is -2.10. The molecule has 0 aliphatic carbocycles. The van der Waals surface area contributed by atoms with Crippen molar-refractivity contribution in [3.05, 3.63) is 53.7 Å². The van der Waals surface area contributed by atoms with Crippen LogP contribution in [0.4, 0.5) is 0 Å². The molecule has 3 nitrogen and oxygen atoms in total. The van der Waals surface area contributed by atoms with Gasteiger partial charge in [0, 0.05) is 29.6 Å². The highest BCUT2D eigenvalue weighted by atomic mass is 32.1. The van der Waals surface area contributed by atoms with Crippen molar-refractivity contribution in [1.29, 1.82) is 0 Å². The van der Waals surface area contributed by atoms with Gasteiger partial charge >= 0.3 is 0 Å². The second-order valence-corrected chi connectivity index (χ2v) is 4.62. The first-order chi connectivity index (χ1) is 9.24. The lowest BCUT2D eigenvalue weighted by Crippen LogP contribution is -2.26. The lowest BCUT2D eigenvalue weighted by atomic mass is 9.99. The quantitative estimate of drug-likeness (QED) is 0.840. The summed E-state index contributed by atoms with van der Waals surface area (Å²) in [7, 11) is 0. The molecule has 98 valence electrons. The number of benzene rings is 1. The van der Waals surface area contributed by atoms with Crippen LogP contribution in [0.15, 0.2) is 42.6 Å². The van der Waals surface area contributed by atoms with Crippen LogP contribution in [0.5, 0.6) is 0 Å². The Morgan fingerprint density at radius 1 is 1.26 bits per heavy atom. The number of nitrogens with zero attached hydrogens (tertiary/aromatic N) is 1. The molecule has 2 rings (SSSR count). The zero-order chi connectivity index (χ0) is 13.7. The van der Waals surface area contributed by atoms with Gasteiger partial charge in [0.25, 0.3) is 5.91 Å². The van der Waals surface area contributed by atoms with Gasteiger partial charge in [-0.1, -0.05) is 18.2 Å². The number of hydrogen-bond acceptors (Lipinski definition) is 3. The molecule has 0 unspecified atom stereocenters. The molecular weight excluding hydrogens is 256 g/mol. The Kier molecular flexibility index (Phi) is 4.58. The molecule has 0 aliphatic heterocycles. The van der Waals surface area contributed by atoms with Crippen molar-refractivity contribution in [1.82, 2.24) is 10.3 Å². The number of hydrogen-bond donors (Lipinski definition) is 2. The summed E-state index contributed by atoms with van der Waals surface area (Å²) in [5.74, 6) is 0.564. The Morgan fingerprint density at radius 2 is 2.11 bits per heavy atom. The summed E-state index contributed by atoms with van der Waals surface area (Å²) < 4.78 is 0. The van der Waals surface area contributed by atoms with Gasteiger partial charge in [-0.15, -0.1) is 0 Å². The summed E-state index contributed by atoms with van der Waals surface area (Å²) in [5.41, 5.74) is 3.49. The molecule has 0 bridgehead atoms. The van der Waals surface area contributed by atoms with Gasteiger partial charge in [0.05, 0.1) is 5.69 Å². The Hall–Kier alpha value is -1.81. The number of rotatable bonds is 4. The van der Waals surface area contributed by atoms with Gasteiger partial charge in [-0.2, -0.15) is 12.6 Å². The smallest absolute Gasteiger partial charge is 0.251 e. The first-order valence-corrected chi connectivity index (χ1v) is 6.77. The Balaban J connectivity index is 2.36. The van der Waals surface area contributed by atoms with Crippen molar-refractivity contribution >= 4 is 18.5 Å². The van der Waals surface area contributed by atoms with Gasteiger partial charge in [0.15, 0.2) is 0 Å². The SMILES string of the molecule is Cc1c(C(=O)NCCS)cccc1-c1ccccn1. The molecule has 0 radical (unpaired) electrons. The topological polar surface area (TPSA) is 42.0 Å². The maximum atomic E-state index is 12.0. The van der Waals surface area contributed by atoms with E-state index in [9.17, 15) is 4.79 Å². The molecule has 19 heavy (non-hydrogen) atoms. The minimum Gasteiger partial charge on any atom is -0.351 e.